The fourth-order valence-electron chi connectivity index (χ4n) is 3.49. The summed E-state index contributed by atoms with van der Waals surface area (Å²) in [6, 6.07) is 1.92. The number of hydrogen-bond donors (Lipinski definition) is 0. The van der Waals surface area contributed by atoms with Crippen molar-refractivity contribution in [2.45, 2.75) is 38.7 Å². The first-order chi connectivity index (χ1) is 9.74. The van der Waals surface area contributed by atoms with Gasteiger partial charge >= 0.3 is 0 Å². The van der Waals surface area contributed by atoms with Crippen molar-refractivity contribution in [1.29, 1.82) is 0 Å². The van der Waals surface area contributed by atoms with Crippen molar-refractivity contribution in [2.24, 2.45) is 5.41 Å². The van der Waals surface area contributed by atoms with Crippen LogP contribution in [0.2, 0.25) is 0 Å². The van der Waals surface area contributed by atoms with Gasteiger partial charge in [-0.2, -0.15) is 0 Å². The first kappa shape index (κ1) is 13.6. The highest BCUT2D eigenvalue weighted by Gasteiger charge is 2.46. The van der Waals surface area contributed by atoms with Gasteiger partial charge in [0.1, 0.15) is 12.1 Å². The topological polar surface area (TPSA) is 47.5 Å². The van der Waals surface area contributed by atoms with E-state index in [0.717, 1.165) is 25.5 Å². The number of hydrogen-bond acceptors (Lipinski definition) is 5. The molecule has 0 aromatic carbocycles. The minimum atomic E-state index is 0.505. The summed E-state index contributed by atoms with van der Waals surface area (Å²) in [6.45, 7) is 5.06. The molecule has 1 saturated heterocycles. The smallest absolute Gasteiger partial charge is 0.218 e. The van der Waals surface area contributed by atoms with E-state index >= 15 is 0 Å². The van der Waals surface area contributed by atoms with Crippen molar-refractivity contribution in [2.75, 3.05) is 31.7 Å². The van der Waals surface area contributed by atoms with Crippen molar-refractivity contribution < 1.29 is 9.47 Å². The molecule has 0 bridgehead atoms. The van der Waals surface area contributed by atoms with Gasteiger partial charge in [-0.15, -0.1) is 0 Å². The molecular weight excluding hydrogens is 254 g/mol. The molecule has 5 heteroatoms. The van der Waals surface area contributed by atoms with Crippen LogP contribution in [0.25, 0.3) is 0 Å². The summed E-state index contributed by atoms with van der Waals surface area (Å²) in [5.74, 6) is 1.61. The lowest BCUT2D eigenvalue weighted by Crippen LogP contribution is -2.50. The second kappa shape index (κ2) is 5.56. The second-order valence-corrected chi connectivity index (χ2v) is 5.89. The molecule has 1 aliphatic carbocycles. The Hall–Kier alpha value is -1.36. The number of rotatable bonds is 4. The Bertz CT molecular complexity index is 450. The van der Waals surface area contributed by atoms with Crippen LogP contribution < -0.4 is 9.64 Å². The number of aromatic nitrogens is 2. The summed E-state index contributed by atoms with van der Waals surface area (Å²) >= 11 is 0. The molecule has 1 aliphatic heterocycles. The molecule has 0 atom stereocenters. The Balaban J connectivity index is 1.56. The lowest BCUT2D eigenvalue weighted by molar-refractivity contribution is -0.0870. The second-order valence-electron chi connectivity index (χ2n) is 5.89. The minimum absolute atomic E-state index is 0.505. The molecule has 110 valence electrons. The van der Waals surface area contributed by atoms with Crippen LogP contribution >= 0.6 is 0 Å². The maximum absolute atomic E-state index is 5.70. The van der Waals surface area contributed by atoms with Crippen molar-refractivity contribution in [3.8, 4) is 5.88 Å². The third-order valence-corrected chi connectivity index (χ3v) is 4.71. The zero-order valence-electron chi connectivity index (χ0n) is 12.3. The van der Waals surface area contributed by atoms with Crippen molar-refractivity contribution in [3.05, 3.63) is 12.4 Å². The van der Waals surface area contributed by atoms with Crippen LogP contribution in [-0.4, -0.2) is 42.9 Å². The average Bonchev–Trinajstić information content (AvgIpc) is 2.47. The van der Waals surface area contributed by atoms with Gasteiger partial charge in [0.2, 0.25) is 5.88 Å². The van der Waals surface area contributed by atoms with Gasteiger partial charge in [0.15, 0.2) is 0 Å². The molecule has 2 aliphatic rings. The molecule has 5 nitrogen and oxygen atoms in total. The molecule has 20 heavy (non-hydrogen) atoms. The predicted octanol–water partition coefficient (Wildman–Crippen LogP) is 2.27. The van der Waals surface area contributed by atoms with E-state index < -0.39 is 0 Å². The zero-order chi connectivity index (χ0) is 14.0. The molecule has 1 aromatic heterocycles. The average molecular weight is 277 g/mol. The number of piperidine rings is 1. The fourth-order valence-corrected chi connectivity index (χ4v) is 3.49. The summed E-state index contributed by atoms with van der Waals surface area (Å²) in [6.07, 6.45) is 7.04. The Morgan fingerprint density at radius 1 is 1.30 bits per heavy atom. The van der Waals surface area contributed by atoms with E-state index in [1.165, 1.54) is 25.7 Å². The molecule has 1 aromatic rings. The first-order valence-corrected chi connectivity index (χ1v) is 7.47. The van der Waals surface area contributed by atoms with Gasteiger partial charge in [-0.1, -0.05) is 0 Å². The van der Waals surface area contributed by atoms with Gasteiger partial charge < -0.3 is 14.4 Å². The molecule has 2 heterocycles. The largest absolute Gasteiger partial charge is 0.481 e. The third-order valence-electron chi connectivity index (χ3n) is 4.71. The van der Waals surface area contributed by atoms with Crippen LogP contribution in [0.3, 0.4) is 0 Å². The number of nitrogens with zero attached hydrogens (tertiary/aromatic N) is 3. The van der Waals surface area contributed by atoms with Gasteiger partial charge in [-0.05, 0) is 38.0 Å². The molecule has 0 N–H and O–H groups in total. The normalized spacial score (nSPS) is 21.8. The van der Waals surface area contributed by atoms with Crippen LogP contribution in [-0.2, 0) is 4.74 Å². The van der Waals surface area contributed by atoms with Gasteiger partial charge in [0.25, 0.3) is 0 Å². The maximum atomic E-state index is 5.70. The molecule has 0 amide bonds. The van der Waals surface area contributed by atoms with Crippen LogP contribution in [0.1, 0.15) is 32.6 Å². The lowest BCUT2D eigenvalue weighted by atomic mass is 9.61. The number of ether oxygens (including phenoxy) is 2. The summed E-state index contributed by atoms with van der Waals surface area (Å²) < 4.78 is 10.9. The van der Waals surface area contributed by atoms with Crippen LogP contribution in [0.4, 0.5) is 5.82 Å². The minimum Gasteiger partial charge on any atom is -0.481 e. The van der Waals surface area contributed by atoms with Gasteiger partial charge in [0.05, 0.1) is 13.2 Å². The van der Waals surface area contributed by atoms with Crippen LogP contribution in [0.5, 0.6) is 5.88 Å². The van der Waals surface area contributed by atoms with E-state index in [0.29, 0.717) is 17.4 Å². The number of methoxy groups -OCH3 is 1. The van der Waals surface area contributed by atoms with Gasteiger partial charge in [-0.25, -0.2) is 9.97 Å². The molecule has 0 radical (unpaired) electrons. The van der Waals surface area contributed by atoms with E-state index in [-0.39, 0.29) is 0 Å². The Labute approximate surface area is 120 Å². The summed E-state index contributed by atoms with van der Waals surface area (Å²) in [5, 5.41) is 0. The van der Waals surface area contributed by atoms with Crippen LogP contribution in [0, 0.1) is 5.41 Å². The SMILES string of the molecule is CCOC1CC2(CCN(c3cc(OC)ncn3)CC2)C1. The van der Waals surface area contributed by atoms with Gasteiger partial charge in [-0.3, -0.25) is 0 Å². The van der Waals surface area contributed by atoms with E-state index in [4.69, 9.17) is 9.47 Å². The molecule has 2 fully saturated rings. The van der Waals surface area contributed by atoms with E-state index in [2.05, 4.69) is 21.8 Å². The lowest BCUT2D eigenvalue weighted by Gasteiger charge is -2.52. The highest BCUT2D eigenvalue weighted by molar-refractivity contribution is 5.41. The highest BCUT2D eigenvalue weighted by Crippen LogP contribution is 2.50. The molecule has 0 unspecified atom stereocenters. The zero-order valence-corrected chi connectivity index (χ0v) is 12.3. The van der Waals surface area contributed by atoms with Crippen molar-refractivity contribution in [3.63, 3.8) is 0 Å². The third kappa shape index (κ3) is 2.59. The molecular formula is C15H23N3O2. The van der Waals surface area contributed by atoms with E-state index in [1.54, 1.807) is 13.4 Å². The van der Waals surface area contributed by atoms with Crippen LogP contribution in [0.15, 0.2) is 12.4 Å². The van der Waals surface area contributed by atoms with E-state index in [1.807, 2.05) is 6.07 Å². The molecule has 1 saturated carbocycles. The Morgan fingerprint density at radius 3 is 2.70 bits per heavy atom. The fraction of sp³-hybridized carbons (Fsp3) is 0.733. The van der Waals surface area contributed by atoms with E-state index in [9.17, 15) is 0 Å². The monoisotopic (exact) mass is 277 g/mol. The summed E-state index contributed by atoms with van der Waals surface area (Å²) in [4.78, 5) is 10.8. The van der Waals surface area contributed by atoms with Gasteiger partial charge in [0, 0.05) is 25.8 Å². The number of anilines is 1. The standard InChI is InChI=1S/C15H23N3O2/c1-3-20-12-9-15(10-12)4-6-18(7-5-15)13-8-14(19-2)17-11-16-13/h8,11-12H,3-7,9-10H2,1-2H3. The molecule has 3 rings (SSSR count). The van der Waals surface area contributed by atoms with Crippen molar-refractivity contribution in [1.82, 2.24) is 9.97 Å². The summed E-state index contributed by atoms with van der Waals surface area (Å²) in [5.41, 5.74) is 0.535. The predicted molar refractivity (Wildman–Crippen MR) is 77.1 cm³/mol. The molecule has 1 spiro atoms. The maximum Gasteiger partial charge on any atom is 0.218 e. The Morgan fingerprint density at radius 2 is 2.05 bits per heavy atom. The first-order valence-electron chi connectivity index (χ1n) is 7.47. The van der Waals surface area contributed by atoms with Crippen molar-refractivity contribution >= 4 is 5.82 Å². The quantitative estimate of drug-likeness (QED) is 0.845. The Kier molecular flexibility index (Phi) is 3.78. The highest BCUT2D eigenvalue weighted by atomic mass is 16.5. The summed E-state index contributed by atoms with van der Waals surface area (Å²) in [7, 11) is 1.64.